The van der Waals surface area contributed by atoms with Crippen molar-refractivity contribution in [2.45, 2.75) is 39.7 Å². The molecule has 1 aliphatic heterocycles. The van der Waals surface area contributed by atoms with Gasteiger partial charge in [-0.3, -0.25) is 9.89 Å². The first-order valence-corrected chi connectivity index (χ1v) is 14.6. The second-order valence-electron chi connectivity index (χ2n) is 10.7. The predicted molar refractivity (Wildman–Crippen MR) is 163 cm³/mol. The number of hydrogen-bond acceptors (Lipinski definition) is 6. The molecule has 0 saturated heterocycles. The zero-order chi connectivity index (χ0) is 29.8. The topological polar surface area (TPSA) is 96.9 Å². The summed E-state index contributed by atoms with van der Waals surface area (Å²) < 4.78 is 17.4. The summed E-state index contributed by atoms with van der Waals surface area (Å²) in [6.07, 6.45) is 1.56. The number of fused-ring (bicyclic) bond motifs is 1. The summed E-state index contributed by atoms with van der Waals surface area (Å²) in [5.41, 5.74) is 3.93. The number of phenols is 1. The molecule has 1 unspecified atom stereocenters. The van der Waals surface area contributed by atoms with E-state index in [2.05, 4.69) is 24.0 Å². The third-order valence-electron chi connectivity index (χ3n) is 7.41. The molecule has 1 amide bonds. The summed E-state index contributed by atoms with van der Waals surface area (Å²) in [7, 11) is 1.64. The molecule has 1 atom stereocenters. The number of nitrogens with one attached hydrogen (secondary N) is 1. The van der Waals surface area contributed by atoms with Crippen LogP contribution in [0.5, 0.6) is 23.0 Å². The molecule has 1 aliphatic rings. The predicted octanol–water partition coefficient (Wildman–Crippen LogP) is 7.06. The van der Waals surface area contributed by atoms with Crippen LogP contribution in [0.3, 0.4) is 0 Å². The first kappa shape index (κ1) is 29.3. The van der Waals surface area contributed by atoms with Crippen LogP contribution in [-0.4, -0.2) is 53.0 Å². The molecule has 0 saturated carbocycles. The Bertz CT molecular complexity index is 1550. The van der Waals surface area contributed by atoms with E-state index in [0.29, 0.717) is 71.1 Å². The number of aromatic hydroxyl groups is 1. The second kappa shape index (κ2) is 12.8. The number of phenolic OH excluding ortho intramolecular Hbond substituents is 1. The Morgan fingerprint density at radius 3 is 2.55 bits per heavy atom. The largest absolute Gasteiger partial charge is 0.507 e. The van der Waals surface area contributed by atoms with E-state index >= 15 is 0 Å². The summed E-state index contributed by atoms with van der Waals surface area (Å²) in [5, 5.41) is 18.6. The molecule has 220 valence electrons. The number of amides is 1. The van der Waals surface area contributed by atoms with Gasteiger partial charge in [0.1, 0.15) is 22.9 Å². The summed E-state index contributed by atoms with van der Waals surface area (Å²) >= 11 is 6.30. The maximum Gasteiger partial charge on any atom is 0.273 e. The Morgan fingerprint density at radius 1 is 1.05 bits per heavy atom. The molecule has 42 heavy (non-hydrogen) atoms. The van der Waals surface area contributed by atoms with Gasteiger partial charge in [-0.05, 0) is 79.3 Å². The van der Waals surface area contributed by atoms with Crippen molar-refractivity contribution in [1.29, 1.82) is 0 Å². The van der Waals surface area contributed by atoms with Gasteiger partial charge in [-0.1, -0.05) is 43.6 Å². The Balaban J connectivity index is 1.56. The van der Waals surface area contributed by atoms with Crippen molar-refractivity contribution in [3.63, 3.8) is 0 Å². The molecule has 9 heteroatoms. The number of halogens is 1. The highest BCUT2D eigenvalue weighted by atomic mass is 35.5. The van der Waals surface area contributed by atoms with Gasteiger partial charge in [0.05, 0.1) is 26.4 Å². The van der Waals surface area contributed by atoms with E-state index in [1.54, 1.807) is 19.2 Å². The molecule has 0 radical (unpaired) electrons. The number of nitrogens with zero attached hydrogens (tertiary/aromatic N) is 2. The molecule has 0 bridgehead atoms. The van der Waals surface area contributed by atoms with Crippen molar-refractivity contribution in [1.82, 2.24) is 15.1 Å². The molecule has 2 heterocycles. The third kappa shape index (κ3) is 6.04. The average molecular weight is 590 g/mol. The minimum absolute atomic E-state index is 0.0282. The molecule has 8 nitrogen and oxygen atoms in total. The first-order chi connectivity index (χ1) is 20.3. The molecule has 0 aliphatic carbocycles. The lowest BCUT2D eigenvalue weighted by atomic mass is 9.95. The van der Waals surface area contributed by atoms with Gasteiger partial charge in [-0.15, -0.1) is 0 Å². The van der Waals surface area contributed by atoms with Gasteiger partial charge >= 0.3 is 0 Å². The zero-order valence-corrected chi connectivity index (χ0v) is 25.1. The standard InChI is InChI=1S/C33H36ClN3O5/c1-5-41-28-18-22(8-13-27(28)42-17-15-20(2)3)32-29-30(25-19-23(34)9-12-26(25)38)35-36-31(29)33(39)37(32)16-14-21-6-10-24(40-4)11-7-21/h6-13,18-20,32,38H,5,14-17H2,1-4H3,(H,35,36). The molecule has 0 spiro atoms. The van der Waals surface area contributed by atoms with Crippen LogP contribution in [0, 0.1) is 5.92 Å². The third-order valence-corrected chi connectivity index (χ3v) is 7.65. The van der Waals surface area contributed by atoms with Crippen LogP contribution in [0.25, 0.3) is 11.3 Å². The van der Waals surface area contributed by atoms with E-state index in [1.807, 2.05) is 54.3 Å². The monoisotopic (exact) mass is 589 g/mol. The summed E-state index contributed by atoms with van der Waals surface area (Å²) in [6, 6.07) is 18.0. The number of rotatable bonds is 12. The highest BCUT2D eigenvalue weighted by Gasteiger charge is 2.42. The molecule has 3 aromatic carbocycles. The lowest BCUT2D eigenvalue weighted by Gasteiger charge is -2.27. The molecule has 5 rings (SSSR count). The van der Waals surface area contributed by atoms with Crippen molar-refractivity contribution in [2.24, 2.45) is 5.92 Å². The maximum atomic E-state index is 13.9. The molecule has 4 aromatic rings. The van der Waals surface area contributed by atoms with Crippen molar-refractivity contribution >= 4 is 17.5 Å². The second-order valence-corrected chi connectivity index (χ2v) is 11.1. The summed E-state index contributed by atoms with van der Waals surface area (Å²) in [6.45, 7) is 7.75. The van der Waals surface area contributed by atoms with Gasteiger partial charge in [0.25, 0.3) is 5.91 Å². The molecule has 2 N–H and O–H groups in total. The fourth-order valence-electron chi connectivity index (χ4n) is 5.21. The number of carbonyl (C=O) groups excluding carboxylic acids is 1. The number of benzene rings is 3. The smallest absolute Gasteiger partial charge is 0.273 e. The first-order valence-electron chi connectivity index (χ1n) is 14.2. The van der Waals surface area contributed by atoms with E-state index in [-0.39, 0.29) is 11.7 Å². The minimum atomic E-state index is -0.484. The van der Waals surface area contributed by atoms with Crippen molar-refractivity contribution < 1.29 is 24.1 Å². The van der Waals surface area contributed by atoms with E-state index < -0.39 is 6.04 Å². The summed E-state index contributed by atoms with van der Waals surface area (Å²) in [4.78, 5) is 15.7. The quantitative estimate of drug-likeness (QED) is 0.184. The highest BCUT2D eigenvalue weighted by molar-refractivity contribution is 6.31. The number of aromatic nitrogens is 2. The van der Waals surface area contributed by atoms with E-state index in [4.69, 9.17) is 25.8 Å². The van der Waals surface area contributed by atoms with E-state index in [1.165, 1.54) is 6.07 Å². The number of ether oxygens (including phenoxy) is 3. The fraction of sp³-hybridized carbons (Fsp3) is 0.333. The Kier molecular flexibility index (Phi) is 8.92. The number of H-pyrrole nitrogens is 1. The van der Waals surface area contributed by atoms with Gasteiger partial charge in [-0.2, -0.15) is 5.10 Å². The van der Waals surface area contributed by atoms with Crippen LogP contribution in [-0.2, 0) is 6.42 Å². The lowest BCUT2D eigenvalue weighted by molar-refractivity contribution is 0.0745. The van der Waals surface area contributed by atoms with Gasteiger partial charge in [0, 0.05) is 22.7 Å². The van der Waals surface area contributed by atoms with Crippen molar-refractivity contribution in [3.05, 3.63) is 88.1 Å². The number of aromatic amines is 1. The van der Waals surface area contributed by atoms with Crippen LogP contribution >= 0.6 is 11.6 Å². The SMILES string of the molecule is CCOc1cc(C2c3c(-c4cc(Cl)ccc4O)n[nH]c3C(=O)N2CCc2ccc(OC)cc2)ccc1OCCC(C)C. The summed E-state index contributed by atoms with van der Waals surface area (Å²) in [5.74, 6) is 2.44. The average Bonchev–Trinajstić information content (AvgIpc) is 3.52. The van der Waals surface area contributed by atoms with Gasteiger partial charge in [0.2, 0.25) is 0 Å². The van der Waals surface area contributed by atoms with Crippen LogP contribution in [0.1, 0.15) is 60.4 Å². The Labute approximate surface area is 251 Å². The normalized spacial score (nSPS) is 14.4. The van der Waals surface area contributed by atoms with Gasteiger partial charge in [-0.25, -0.2) is 0 Å². The molecule has 0 fully saturated rings. The van der Waals surface area contributed by atoms with E-state index in [9.17, 15) is 9.90 Å². The van der Waals surface area contributed by atoms with Crippen LogP contribution in [0.2, 0.25) is 5.02 Å². The minimum Gasteiger partial charge on any atom is -0.507 e. The number of hydrogen-bond donors (Lipinski definition) is 2. The number of methoxy groups -OCH3 is 1. The fourth-order valence-corrected chi connectivity index (χ4v) is 5.38. The van der Waals surface area contributed by atoms with Crippen LogP contribution in [0.4, 0.5) is 0 Å². The van der Waals surface area contributed by atoms with E-state index in [0.717, 1.165) is 23.3 Å². The Hall–Kier alpha value is -4.17. The van der Waals surface area contributed by atoms with Crippen molar-refractivity contribution in [2.75, 3.05) is 26.9 Å². The zero-order valence-electron chi connectivity index (χ0n) is 24.3. The molecular weight excluding hydrogens is 554 g/mol. The van der Waals surface area contributed by atoms with Crippen molar-refractivity contribution in [3.8, 4) is 34.3 Å². The maximum absolute atomic E-state index is 13.9. The number of carbonyl (C=O) groups is 1. The van der Waals surface area contributed by atoms with Crippen LogP contribution in [0.15, 0.2) is 60.7 Å². The van der Waals surface area contributed by atoms with Gasteiger partial charge < -0.3 is 24.2 Å². The highest BCUT2D eigenvalue weighted by Crippen LogP contribution is 2.46. The van der Waals surface area contributed by atoms with Gasteiger partial charge in [0.15, 0.2) is 11.5 Å². The van der Waals surface area contributed by atoms with Crippen LogP contribution < -0.4 is 14.2 Å². The lowest BCUT2D eigenvalue weighted by Crippen LogP contribution is -2.31. The molecular formula is C33H36ClN3O5. The molecule has 1 aromatic heterocycles. The Morgan fingerprint density at radius 2 is 1.83 bits per heavy atom.